The maximum atomic E-state index is 12.5. The van der Waals surface area contributed by atoms with Crippen LogP contribution in [0.25, 0.3) is 10.9 Å². The van der Waals surface area contributed by atoms with Gasteiger partial charge in [0.15, 0.2) is 0 Å². The van der Waals surface area contributed by atoms with Crippen LogP contribution < -0.4 is 0 Å². The Bertz CT molecular complexity index is 910. The molecule has 31 heavy (non-hydrogen) atoms. The topological polar surface area (TPSA) is 87.1 Å². The summed E-state index contributed by atoms with van der Waals surface area (Å²) in [5.74, 6) is -0.906. The summed E-state index contributed by atoms with van der Waals surface area (Å²) in [5, 5.41) is 0.987. The summed E-state index contributed by atoms with van der Waals surface area (Å²) in [6, 6.07) is 7.59. The van der Waals surface area contributed by atoms with Crippen molar-refractivity contribution in [3.63, 3.8) is 0 Å². The van der Waals surface area contributed by atoms with Gasteiger partial charge in [-0.05, 0) is 59.3 Å². The highest BCUT2D eigenvalue weighted by Crippen LogP contribution is 2.22. The molecule has 0 atom stereocenters. The van der Waals surface area contributed by atoms with Crippen molar-refractivity contribution in [2.45, 2.75) is 52.1 Å². The van der Waals surface area contributed by atoms with Crippen LogP contribution in [-0.4, -0.2) is 60.5 Å². The largest absolute Gasteiger partial charge is 0.460 e. The predicted octanol–water partition coefficient (Wildman–Crippen LogP) is 3.74. The van der Waals surface area contributed by atoms with E-state index in [1.807, 2.05) is 38.4 Å². The molecule has 2 aromatic rings. The highest BCUT2D eigenvalue weighted by Gasteiger charge is 2.17. The number of fused-ring (bicyclic) bond motifs is 1. The van der Waals surface area contributed by atoms with E-state index in [4.69, 9.17) is 14.2 Å². The first-order valence-corrected chi connectivity index (χ1v) is 10.3. The number of esters is 2. The Morgan fingerprint density at radius 3 is 2.35 bits per heavy atom. The molecule has 0 aliphatic carbocycles. The maximum absolute atomic E-state index is 12.5. The van der Waals surface area contributed by atoms with Gasteiger partial charge in [-0.3, -0.25) is 14.2 Å². The fourth-order valence-corrected chi connectivity index (χ4v) is 3.00. The molecule has 0 aliphatic rings. The van der Waals surface area contributed by atoms with Crippen molar-refractivity contribution in [1.82, 2.24) is 9.47 Å². The fraction of sp³-hybridized carbons (Fsp3) is 0.522. The Labute approximate surface area is 183 Å². The van der Waals surface area contributed by atoms with Gasteiger partial charge in [0, 0.05) is 31.0 Å². The third-order valence-corrected chi connectivity index (χ3v) is 4.40. The van der Waals surface area contributed by atoms with Crippen LogP contribution in [0, 0.1) is 0 Å². The van der Waals surface area contributed by atoms with Gasteiger partial charge in [-0.25, -0.2) is 4.79 Å². The summed E-state index contributed by atoms with van der Waals surface area (Å²) in [6.45, 7) is 5.72. The lowest BCUT2D eigenvalue weighted by atomic mass is 10.1. The molecule has 8 heteroatoms. The number of likely N-dealkylation sites (N-methyl/N-ethyl adjacent to an activating group) is 1. The highest BCUT2D eigenvalue weighted by atomic mass is 16.7. The molecule has 0 fully saturated rings. The Kier molecular flexibility index (Phi) is 8.62. The first-order valence-electron chi connectivity index (χ1n) is 10.3. The Morgan fingerprint density at radius 2 is 1.68 bits per heavy atom. The number of ether oxygens (including phenoxy) is 3. The van der Waals surface area contributed by atoms with Gasteiger partial charge in [-0.15, -0.1) is 0 Å². The van der Waals surface area contributed by atoms with E-state index in [0.29, 0.717) is 6.42 Å². The quantitative estimate of drug-likeness (QED) is 0.441. The second kappa shape index (κ2) is 10.9. The highest BCUT2D eigenvalue weighted by molar-refractivity contribution is 5.92. The van der Waals surface area contributed by atoms with Gasteiger partial charge >= 0.3 is 18.0 Å². The number of benzene rings is 1. The molecule has 0 saturated heterocycles. The summed E-state index contributed by atoms with van der Waals surface area (Å²) in [4.78, 5) is 38.0. The Hall–Kier alpha value is -2.87. The molecule has 0 saturated carbocycles. The lowest BCUT2D eigenvalue weighted by molar-refractivity contribution is -0.155. The number of carbonyl (C=O) groups excluding carboxylic acids is 3. The summed E-state index contributed by atoms with van der Waals surface area (Å²) in [7, 11) is 3.99. The van der Waals surface area contributed by atoms with Crippen LogP contribution in [0.4, 0.5) is 4.79 Å². The minimum atomic E-state index is -0.617. The molecule has 0 radical (unpaired) electrons. The molecule has 0 amide bonds. The molecule has 8 nitrogen and oxygen atoms in total. The minimum Gasteiger partial charge on any atom is -0.460 e. The molecule has 0 unspecified atom stereocenters. The van der Waals surface area contributed by atoms with Crippen molar-refractivity contribution >= 4 is 28.9 Å². The van der Waals surface area contributed by atoms with Crippen LogP contribution in [0.2, 0.25) is 0 Å². The zero-order valence-corrected chi connectivity index (χ0v) is 19.0. The molecule has 170 valence electrons. The van der Waals surface area contributed by atoms with Crippen molar-refractivity contribution in [2.75, 3.05) is 27.4 Å². The third-order valence-electron chi connectivity index (χ3n) is 4.40. The Balaban J connectivity index is 1.83. The predicted molar refractivity (Wildman–Crippen MR) is 117 cm³/mol. The SMILES string of the molecule is CN(C)CCc1cn(C(=O)OCOC(=O)CCCC(=O)OC(C)(C)C)c2ccccc12. The van der Waals surface area contributed by atoms with Gasteiger partial charge in [0.2, 0.25) is 6.79 Å². The van der Waals surface area contributed by atoms with E-state index in [1.54, 1.807) is 27.0 Å². The third kappa shape index (κ3) is 8.05. The van der Waals surface area contributed by atoms with Crippen molar-refractivity contribution in [3.8, 4) is 0 Å². The van der Waals surface area contributed by atoms with Crippen LogP contribution in [0.3, 0.4) is 0 Å². The zero-order valence-electron chi connectivity index (χ0n) is 19.0. The maximum Gasteiger partial charge on any atom is 0.421 e. The summed E-state index contributed by atoms with van der Waals surface area (Å²) in [6.07, 6.45) is 2.40. The average Bonchev–Trinajstić information content (AvgIpc) is 3.04. The molecule has 1 aromatic carbocycles. The van der Waals surface area contributed by atoms with E-state index >= 15 is 0 Å². The standard InChI is InChI=1S/C23H32N2O6/c1-23(2,3)31-21(27)12-8-11-20(26)29-16-30-22(28)25-15-17(13-14-24(4)5)18-9-6-7-10-19(18)25/h6-7,9-10,15H,8,11-14,16H2,1-5H3. The van der Waals surface area contributed by atoms with Gasteiger partial charge in [0.05, 0.1) is 5.52 Å². The van der Waals surface area contributed by atoms with E-state index < -0.39 is 24.5 Å². The molecule has 0 N–H and O–H groups in total. The van der Waals surface area contributed by atoms with E-state index in [2.05, 4.69) is 4.90 Å². The number of hydrogen-bond donors (Lipinski definition) is 0. The second-order valence-electron chi connectivity index (χ2n) is 8.58. The van der Waals surface area contributed by atoms with Crippen LogP contribution in [-0.2, 0) is 30.2 Å². The van der Waals surface area contributed by atoms with Gasteiger partial charge in [-0.2, -0.15) is 0 Å². The lowest BCUT2D eigenvalue weighted by Crippen LogP contribution is -2.23. The van der Waals surface area contributed by atoms with Crippen LogP contribution in [0.1, 0.15) is 45.6 Å². The number of aromatic nitrogens is 1. The lowest BCUT2D eigenvalue weighted by Gasteiger charge is -2.19. The molecule has 0 aliphatic heterocycles. The zero-order chi connectivity index (χ0) is 23.0. The number of nitrogens with zero attached hydrogens (tertiary/aromatic N) is 2. The summed E-state index contributed by atoms with van der Waals surface area (Å²) in [5.41, 5.74) is 1.23. The number of carbonyl (C=O) groups is 3. The van der Waals surface area contributed by atoms with E-state index in [-0.39, 0.29) is 18.8 Å². The van der Waals surface area contributed by atoms with Gasteiger partial charge < -0.3 is 19.1 Å². The fourth-order valence-electron chi connectivity index (χ4n) is 3.00. The molecule has 0 bridgehead atoms. The molecular formula is C23H32N2O6. The van der Waals surface area contributed by atoms with Crippen LogP contribution in [0.5, 0.6) is 0 Å². The minimum absolute atomic E-state index is 0.0396. The van der Waals surface area contributed by atoms with Gasteiger partial charge in [0.25, 0.3) is 0 Å². The van der Waals surface area contributed by atoms with Crippen molar-refractivity contribution in [3.05, 3.63) is 36.0 Å². The van der Waals surface area contributed by atoms with Crippen LogP contribution >= 0.6 is 0 Å². The van der Waals surface area contributed by atoms with E-state index in [1.165, 1.54) is 4.57 Å². The van der Waals surface area contributed by atoms with Crippen molar-refractivity contribution in [2.24, 2.45) is 0 Å². The molecule has 1 heterocycles. The Morgan fingerprint density at radius 1 is 1.00 bits per heavy atom. The monoisotopic (exact) mass is 432 g/mol. The molecular weight excluding hydrogens is 400 g/mol. The summed E-state index contributed by atoms with van der Waals surface area (Å²) < 4.78 is 16.7. The normalized spacial score (nSPS) is 11.5. The van der Waals surface area contributed by atoms with Crippen molar-refractivity contribution < 1.29 is 28.6 Å². The van der Waals surface area contributed by atoms with Gasteiger partial charge in [-0.1, -0.05) is 18.2 Å². The smallest absolute Gasteiger partial charge is 0.421 e. The number of hydrogen-bond acceptors (Lipinski definition) is 7. The van der Waals surface area contributed by atoms with Gasteiger partial charge in [0.1, 0.15) is 5.60 Å². The molecule has 0 spiro atoms. The average molecular weight is 433 g/mol. The first kappa shape index (κ1) is 24.4. The van der Waals surface area contributed by atoms with Crippen molar-refractivity contribution in [1.29, 1.82) is 0 Å². The first-order chi connectivity index (χ1) is 14.6. The van der Waals surface area contributed by atoms with E-state index in [9.17, 15) is 14.4 Å². The molecule has 1 aromatic heterocycles. The second-order valence-corrected chi connectivity index (χ2v) is 8.58. The summed E-state index contributed by atoms with van der Waals surface area (Å²) >= 11 is 0. The molecule has 2 rings (SSSR count). The van der Waals surface area contributed by atoms with E-state index in [0.717, 1.165) is 29.4 Å². The van der Waals surface area contributed by atoms with Crippen LogP contribution in [0.15, 0.2) is 30.5 Å². The number of para-hydroxylation sites is 1. The number of rotatable bonds is 9.